The van der Waals surface area contributed by atoms with Crippen molar-refractivity contribution < 1.29 is 24.1 Å². The van der Waals surface area contributed by atoms with Crippen LogP contribution in [0.4, 0.5) is 10.3 Å². The number of aliphatic hydroxyl groups is 2. The Hall–Kier alpha value is -2.04. The number of imidazole rings is 1. The number of nitrogen functional groups attached to an aromatic ring is 1. The van der Waals surface area contributed by atoms with E-state index in [2.05, 4.69) is 15.0 Å². The smallest absolute Gasteiger partial charge is 0.247 e. The summed E-state index contributed by atoms with van der Waals surface area (Å²) in [5.74, 6) is 0.172. The van der Waals surface area contributed by atoms with Gasteiger partial charge in [0.05, 0.1) is 19.5 Å². The van der Waals surface area contributed by atoms with Crippen molar-refractivity contribution in [3.05, 3.63) is 6.33 Å². The molecule has 1 unspecified atom stereocenters. The Morgan fingerprint density at radius 1 is 1.48 bits per heavy atom. The lowest BCUT2D eigenvalue weighted by Gasteiger charge is -2.24. The molecule has 9 nitrogen and oxygen atoms in total. The number of unbranched alkanes of at least 4 members (excludes halogenated alkanes) is 1. The number of rotatable bonds is 6. The van der Waals surface area contributed by atoms with E-state index >= 15 is 4.39 Å². The summed E-state index contributed by atoms with van der Waals surface area (Å²) in [6, 6.07) is 0. The van der Waals surface area contributed by atoms with Gasteiger partial charge in [0, 0.05) is 0 Å². The van der Waals surface area contributed by atoms with E-state index in [1.807, 2.05) is 6.92 Å². The number of hydrogen-bond donors (Lipinski definition) is 3. The van der Waals surface area contributed by atoms with Crippen LogP contribution in [0.2, 0.25) is 0 Å². The highest BCUT2D eigenvalue weighted by atomic mass is 19.1. The second-order valence-electron chi connectivity index (χ2n) is 6.22. The van der Waals surface area contributed by atoms with E-state index in [4.69, 9.17) is 15.2 Å². The zero-order chi connectivity index (χ0) is 18.2. The van der Waals surface area contributed by atoms with Crippen LogP contribution in [-0.2, 0) is 4.74 Å². The number of ether oxygens (including phenoxy) is 2. The Labute approximate surface area is 143 Å². The maximum atomic E-state index is 15.0. The highest BCUT2D eigenvalue weighted by Crippen LogP contribution is 2.42. The number of alkyl halides is 1. The Bertz CT molecular complexity index is 753. The molecule has 4 atom stereocenters. The van der Waals surface area contributed by atoms with Gasteiger partial charge >= 0.3 is 0 Å². The molecule has 2 aromatic heterocycles. The van der Waals surface area contributed by atoms with Crippen molar-refractivity contribution in [1.29, 1.82) is 0 Å². The molecular weight excluding hydrogens is 333 g/mol. The normalized spacial score (nSPS) is 29.4. The van der Waals surface area contributed by atoms with Crippen molar-refractivity contribution in [3.63, 3.8) is 0 Å². The molecule has 1 aliphatic heterocycles. The molecule has 0 aliphatic carbocycles. The van der Waals surface area contributed by atoms with E-state index in [0.29, 0.717) is 12.1 Å². The number of aromatic nitrogens is 4. The van der Waals surface area contributed by atoms with Crippen LogP contribution in [0.15, 0.2) is 6.33 Å². The molecule has 0 amide bonds. The fourth-order valence-corrected chi connectivity index (χ4v) is 2.86. The third-order valence-electron chi connectivity index (χ3n) is 4.29. The standard InChI is InChI=1S/C15H22FN5O4/c1-3-4-5-24-12-9-11(19-14(17)20-12)21(7-18-9)13-15(2,16)10(23)8(6-22)25-13/h7-8,10,13,22-23H,3-6H2,1-2H3,(H2,17,19,20)/t8-,10-,13?,15-/m1/s1. The van der Waals surface area contributed by atoms with Crippen LogP contribution in [0.5, 0.6) is 5.88 Å². The first-order valence-electron chi connectivity index (χ1n) is 8.16. The molecule has 3 rings (SSSR count). The van der Waals surface area contributed by atoms with Crippen molar-refractivity contribution in [2.45, 2.75) is 50.8 Å². The Morgan fingerprint density at radius 2 is 2.24 bits per heavy atom. The van der Waals surface area contributed by atoms with Gasteiger partial charge in [-0.15, -0.1) is 0 Å². The minimum Gasteiger partial charge on any atom is -0.476 e. The van der Waals surface area contributed by atoms with Crippen molar-refractivity contribution >= 4 is 17.1 Å². The molecule has 0 aromatic carbocycles. The third-order valence-corrected chi connectivity index (χ3v) is 4.29. The van der Waals surface area contributed by atoms with Gasteiger partial charge in [0.25, 0.3) is 0 Å². The summed E-state index contributed by atoms with van der Waals surface area (Å²) in [4.78, 5) is 12.3. The van der Waals surface area contributed by atoms with Gasteiger partial charge in [-0.05, 0) is 13.3 Å². The van der Waals surface area contributed by atoms with E-state index in [0.717, 1.165) is 12.8 Å². The predicted molar refractivity (Wildman–Crippen MR) is 86.7 cm³/mol. The van der Waals surface area contributed by atoms with Crippen LogP contribution in [0, 0.1) is 0 Å². The van der Waals surface area contributed by atoms with E-state index in [-0.39, 0.29) is 17.5 Å². The largest absolute Gasteiger partial charge is 0.476 e. The molecule has 10 heteroatoms. The Balaban J connectivity index is 2.01. The summed E-state index contributed by atoms with van der Waals surface area (Å²) in [5.41, 5.74) is 4.15. The number of nitrogens with two attached hydrogens (primary N) is 1. The first kappa shape index (κ1) is 17.8. The second-order valence-corrected chi connectivity index (χ2v) is 6.22. The molecule has 1 aliphatic rings. The topological polar surface area (TPSA) is 129 Å². The average molecular weight is 355 g/mol. The fraction of sp³-hybridized carbons (Fsp3) is 0.667. The maximum absolute atomic E-state index is 15.0. The molecule has 0 saturated carbocycles. The molecule has 1 fully saturated rings. The van der Waals surface area contributed by atoms with Gasteiger partial charge in [0.15, 0.2) is 23.1 Å². The van der Waals surface area contributed by atoms with E-state index < -0.39 is 30.7 Å². The minimum atomic E-state index is -2.15. The van der Waals surface area contributed by atoms with Crippen molar-refractivity contribution in [1.82, 2.24) is 19.5 Å². The minimum absolute atomic E-state index is 0.0430. The van der Waals surface area contributed by atoms with Crippen LogP contribution in [0.25, 0.3) is 11.2 Å². The van der Waals surface area contributed by atoms with Gasteiger partial charge in [-0.1, -0.05) is 13.3 Å². The summed E-state index contributed by atoms with van der Waals surface area (Å²) in [6.07, 6.45) is -0.626. The van der Waals surface area contributed by atoms with Crippen LogP contribution in [-0.4, -0.2) is 60.8 Å². The molecule has 3 heterocycles. The van der Waals surface area contributed by atoms with Gasteiger partial charge in [-0.3, -0.25) is 4.57 Å². The molecular formula is C15H22FN5O4. The maximum Gasteiger partial charge on any atom is 0.247 e. The summed E-state index contributed by atoms with van der Waals surface area (Å²) in [6.45, 7) is 3.17. The quantitative estimate of drug-likeness (QED) is 0.641. The highest BCUT2D eigenvalue weighted by molar-refractivity contribution is 5.77. The zero-order valence-corrected chi connectivity index (χ0v) is 14.1. The molecule has 25 heavy (non-hydrogen) atoms. The Morgan fingerprint density at radius 3 is 2.88 bits per heavy atom. The molecule has 1 saturated heterocycles. The summed E-state index contributed by atoms with van der Waals surface area (Å²) < 4.78 is 27.4. The molecule has 0 radical (unpaired) electrons. The third kappa shape index (κ3) is 3.00. The molecule has 0 spiro atoms. The monoisotopic (exact) mass is 355 g/mol. The number of aliphatic hydroxyl groups excluding tert-OH is 2. The molecule has 0 bridgehead atoms. The number of anilines is 1. The second kappa shape index (κ2) is 6.70. The molecule has 4 N–H and O–H groups in total. The van der Waals surface area contributed by atoms with E-state index in [1.165, 1.54) is 17.8 Å². The van der Waals surface area contributed by atoms with Crippen molar-refractivity contribution in [3.8, 4) is 5.88 Å². The van der Waals surface area contributed by atoms with Crippen LogP contribution in [0.3, 0.4) is 0 Å². The highest BCUT2D eigenvalue weighted by Gasteiger charge is 2.55. The number of halogens is 1. The number of nitrogens with zero attached hydrogens (tertiary/aromatic N) is 4. The van der Waals surface area contributed by atoms with Gasteiger partial charge in [0.1, 0.15) is 12.2 Å². The zero-order valence-electron chi connectivity index (χ0n) is 14.1. The van der Waals surface area contributed by atoms with Gasteiger partial charge in [0.2, 0.25) is 11.8 Å². The van der Waals surface area contributed by atoms with E-state index in [9.17, 15) is 10.2 Å². The number of hydrogen-bond acceptors (Lipinski definition) is 8. The summed E-state index contributed by atoms with van der Waals surface area (Å²) in [5, 5.41) is 19.3. The Kier molecular flexibility index (Phi) is 4.76. The summed E-state index contributed by atoms with van der Waals surface area (Å²) in [7, 11) is 0. The number of fused-ring (bicyclic) bond motifs is 1. The lowest BCUT2D eigenvalue weighted by atomic mass is 9.98. The van der Waals surface area contributed by atoms with Crippen molar-refractivity contribution in [2.24, 2.45) is 0 Å². The van der Waals surface area contributed by atoms with Gasteiger partial charge in [-0.2, -0.15) is 9.97 Å². The SMILES string of the molecule is CCCCOc1nc(N)nc2c1ncn2C1O[C@H](CO)[C@@H](O)[C@@]1(C)F. The van der Waals surface area contributed by atoms with Gasteiger partial charge in [-0.25, -0.2) is 9.37 Å². The van der Waals surface area contributed by atoms with Crippen LogP contribution in [0.1, 0.15) is 32.9 Å². The summed E-state index contributed by atoms with van der Waals surface area (Å²) >= 11 is 0. The lowest BCUT2D eigenvalue weighted by Crippen LogP contribution is -2.40. The molecule has 138 valence electrons. The fourth-order valence-electron chi connectivity index (χ4n) is 2.86. The van der Waals surface area contributed by atoms with Gasteiger partial charge < -0.3 is 25.4 Å². The van der Waals surface area contributed by atoms with Crippen LogP contribution >= 0.6 is 0 Å². The lowest BCUT2D eigenvalue weighted by molar-refractivity contribution is -0.0566. The van der Waals surface area contributed by atoms with Crippen LogP contribution < -0.4 is 10.5 Å². The first-order valence-corrected chi connectivity index (χ1v) is 8.16. The predicted octanol–water partition coefficient (Wildman–Crippen LogP) is 0.566. The first-order chi connectivity index (χ1) is 11.9. The average Bonchev–Trinajstić information content (AvgIpc) is 3.07. The van der Waals surface area contributed by atoms with Crippen molar-refractivity contribution in [2.75, 3.05) is 18.9 Å². The van der Waals surface area contributed by atoms with E-state index in [1.54, 1.807) is 0 Å². The molecule has 2 aromatic rings.